The van der Waals surface area contributed by atoms with Crippen LogP contribution in [0.1, 0.15) is 62.9 Å². The summed E-state index contributed by atoms with van der Waals surface area (Å²) < 4.78 is 2.34. The van der Waals surface area contributed by atoms with E-state index in [1.165, 1.54) is 44.4 Å². The lowest BCUT2D eigenvalue weighted by Crippen LogP contribution is -2.35. The van der Waals surface area contributed by atoms with E-state index in [0.717, 1.165) is 0 Å². The van der Waals surface area contributed by atoms with Gasteiger partial charge >= 0.3 is 0 Å². The van der Waals surface area contributed by atoms with Crippen LogP contribution in [0, 0.1) is 13.8 Å². The van der Waals surface area contributed by atoms with Crippen molar-refractivity contribution in [2.75, 3.05) is 0 Å². The van der Waals surface area contributed by atoms with Crippen LogP contribution in [0.3, 0.4) is 0 Å². The molecule has 0 saturated heterocycles. The van der Waals surface area contributed by atoms with E-state index in [0.29, 0.717) is 5.92 Å². The van der Waals surface area contributed by atoms with Gasteiger partial charge in [-0.25, -0.2) is 0 Å². The summed E-state index contributed by atoms with van der Waals surface area (Å²) in [6.07, 6.45) is 0. The van der Waals surface area contributed by atoms with Crippen molar-refractivity contribution >= 4 is 10.8 Å². The molecule has 0 amide bonds. The molecular formula is C25H32N+. The highest BCUT2D eigenvalue weighted by atomic mass is 14.9. The van der Waals surface area contributed by atoms with Crippen LogP contribution in [-0.2, 0) is 12.5 Å². The van der Waals surface area contributed by atoms with Crippen molar-refractivity contribution in [2.45, 2.75) is 59.8 Å². The first kappa shape index (κ1) is 18.6. The summed E-state index contributed by atoms with van der Waals surface area (Å²) in [5, 5.41) is 2.67. The quantitative estimate of drug-likeness (QED) is 0.475. The zero-order valence-electron chi connectivity index (χ0n) is 17.6. The molecule has 0 N–H and O–H groups in total. The molecule has 0 atom stereocenters. The molecule has 0 spiro atoms. The molecule has 0 unspecified atom stereocenters. The van der Waals surface area contributed by atoms with Gasteiger partial charge in [0.05, 0.1) is 10.9 Å². The second kappa shape index (κ2) is 6.54. The lowest BCUT2D eigenvalue weighted by molar-refractivity contribution is -0.665. The SMILES string of the molecule is Cc1ccc(C(C)(C)C)cc1-c1c2ccc(C(C)C)cc2cc(C)[n+]1C. The molecule has 0 aliphatic rings. The van der Waals surface area contributed by atoms with E-state index in [1.807, 2.05) is 0 Å². The Bertz CT molecular complexity index is 972. The molecule has 3 rings (SSSR count). The predicted molar refractivity (Wildman–Crippen MR) is 113 cm³/mol. The molecule has 1 nitrogen and oxygen atoms in total. The van der Waals surface area contributed by atoms with E-state index in [2.05, 4.69) is 103 Å². The zero-order chi connectivity index (χ0) is 19.2. The smallest absolute Gasteiger partial charge is 0.198 e. The normalized spacial score (nSPS) is 12.2. The van der Waals surface area contributed by atoms with Gasteiger partial charge in [0.1, 0.15) is 7.05 Å². The lowest BCUT2D eigenvalue weighted by atomic mass is 9.84. The van der Waals surface area contributed by atoms with Gasteiger partial charge in [0.25, 0.3) is 0 Å². The minimum Gasteiger partial charge on any atom is -0.198 e. The largest absolute Gasteiger partial charge is 0.220 e. The van der Waals surface area contributed by atoms with Crippen LogP contribution in [0.15, 0.2) is 42.5 Å². The van der Waals surface area contributed by atoms with Gasteiger partial charge in [0, 0.05) is 13.0 Å². The van der Waals surface area contributed by atoms with Crippen molar-refractivity contribution in [3.8, 4) is 11.3 Å². The Morgan fingerprint density at radius 1 is 0.885 bits per heavy atom. The van der Waals surface area contributed by atoms with Gasteiger partial charge < -0.3 is 0 Å². The molecule has 1 heterocycles. The number of fused-ring (bicyclic) bond motifs is 1. The molecule has 0 aliphatic carbocycles. The van der Waals surface area contributed by atoms with Gasteiger partial charge in [-0.05, 0) is 52.5 Å². The van der Waals surface area contributed by atoms with Crippen molar-refractivity contribution in [3.63, 3.8) is 0 Å². The number of rotatable bonds is 2. The first-order valence-electron chi connectivity index (χ1n) is 9.64. The van der Waals surface area contributed by atoms with Gasteiger partial charge in [-0.3, -0.25) is 0 Å². The van der Waals surface area contributed by atoms with Crippen LogP contribution in [0.2, 0.25) is 0 Å². The van der Waals surface area contributed by atoms with Crippen LogP contribution in [0.4, 0.5) is 0 Å². The average Bonchev–Trinajstić information content (AvgIpc) is 2.55. The van der Waals surface area contributed by atoms with Gasteiger partial charge in [0.15, 0.2) is 5.69 Å². The number of pyridine rings is 1. The van der Waals surface area contributed by atoms with E-state index in [-0.39, 0.29) is 5.41 Å². The molecule has 1 heteroatoms. The molecule has 1 aromatic heterocycles. The highest BCUT2D eigenvalue weighted by molar-refractivity contribution is 5.94. The maximum absolute atomic E-state index is 2.39. The van der Waals surface area contributed by atoms with Gasteiger partial charge in [-0.15, -0.1) is 0 Å². The first-order valence-corrected chi connectivity index (χ1v) is 9.64. The fourth-order valence-electron chi connectivity index (χ4n) is 3.62. The molecule has 0 aliphatic heterocycles. The highest BCUT2D eigenvalue weighted by Gasteiger charge is 2.22. The van der Waals surface area contributed by atoms with Gasteiger partial charge in [-0.1, -0.05) is 58.9 Å². The molecular weight excluding hydrogens is 314 g/mol. The molecule has 26 heavy (non-hydrogen) atoms. The maximum Gasteiger partial charge on any atom is 0.220 e. The van der Waals surface area contributed by atoms with Crippen LogP contribution in [0.5, 0.6) is 0 Å². The monoisotopic (exact) mass is 346 g/mol. The fraction of sp³-hybridized carbons (Fsp3) is 0.400. The third-order valence-electron chi connectivity index (χ3n) is 5.58. The van der Waals surface area contributed by atoms with Crippen molar-refractivity contribution in [2.24, 2.45) is 7.05 Å². The second-order valence-corrected chi connectivity index (χ2v) is 8.97. The topological polar surface area (TPSA) is 3.88 Å². The summed E-state index contributed by atoms with van der Waals surface area (Å²) in [5.74, 6) is 0.545. The summed E-state index contributed by atoms with van der Waals surface area (Å²) in [4.78, 5) is 0. The summed E-state index contributed by atoms with van der Waals surface area (Å²) in [5.41, 5.74) is 8.20. The van der Waals surface area contributed by atoms with E-state index in [4.69, 9.17) is 0 Å². The fourth-order valence-corrected chi connectivity index (χ4v) is 3.62. The summed E-state index contributed by atoms with van der Waals surface area (Å²) in [6, 6.07) is 16.2. The summed E-state index contributed by atoms with van der Waals surface area (Å²) >= 11 is 0. The lowest BCUT2D eigenvalue weighted by Gasteiger charge is -2.21. The molecule has 0 fully saturated rings. The van der Waals surface area contributed by atoms with Crippen LogP contribution >= 0.6 is 0 Å². The number of hydrogen-bond donors (Lipinski definition) is 0. The Labute approximate surface area is 158 Å². The van der Waals surface area contributed by atoms with Gasteiger partial charge in [-0.2, -0.15) is 4.57 Å². The Morgan fingerprint density at radius 2 is 1.58 bits per heavy atom. The van der Waals surface area contributed by atoms with Gasteiger partial charge in [0.2, 0.25) is 5.69 Å². The Balaban J connectivity index is 2.36. The third-order valence-corrected chi connectivity index (χ3v) is 5.58. The minimum atomic E-state index is 0.144. The Kier molecular flexibility index (Phi) is 4.69. The maximum atomic E-state index is 2.39. The minimum absolute atomic E-state index is 0.144. The van der Waals surface area contributed by atoms with E-state index < -0.39 is 0 Å². The third kappa shape index (κ3) is 3.28. The van der Waals surface area contributed by atoms with Crippen LogP contribution in [-0.4, -0.2) is 0 Å². The molecule has 3 aromatic rings. The van der Waals surface area contributed by atoms with Crippen molar-refractivity contribution in [3.05, 3.63) is 64.8 Å². The Morgan fingerprint density at radius 3 is 2.19 bits per heavy atom. The summed E-state index contributed by atoms with van der Waals surface area (Å²) in [6.45, 7) is 15.8. The number of benzene rings is 2. The molecule has 136 valence electrons. The molecule has 2 aromatic carbocycles. The highest BCUT2D eigenvalue weighted by Crippen LogP contribution is 2.33. The van der Waals surface area contributed by atoms with Crippen molar-refractivity contribution in [1.82, 2.24) is 0 Å². The standard InChI is InChI=1S/C25H32N/c1-16(2)19-10-12-22-20(14-19)13-18(4)26(8)24(22)23-15-21(25(5,6)7)11-9-17(23)3/h9-16H,1-8H3/q+1. The molecule has 0 radical (unpaired) electrons. The number of hydrogen-bond acceptors (Lipinski definition) is 0. The number of nitrogens with zero attached hydrogens (tertiary/aromatic N) is 1. The number of aromatic nitrogens is 1. The molecule has 0 saturated carbocycles. The Hall–Kier alpha value is -2.15. The van der Waals surface area contributed by atoms with E-state index in [1.54, 1.807) is 0 Å². The van der Waals surface area contributed by atoms with Crippen LogP contribution in [0.25, 0.3) is 22.0 Å². The van der Waals surface area contributed by atoms with Crippen molar-refractivity contribution < 1.29 is 4.57 Å². The predicted octanol–water partition coefficient (Wildman–Crippen LogP) is 6.37. The summed E-state index contributed by atoms with van der Waals surface area (Å²) in [7, 11) is 2.18. The zero-order valence-corrected chi connectivity index (χ0v) is 17.6. The van der Waals surface area contributed by atoms with E-state index >= 15 is 0 Å². The van der Waals surface area contributed by atoms with E-state index in [9.17, 15) is 0 Å². The first-order chi connectivity index (χ1) is 12.1. The van der Waals surface area contributed by atoms with Crippen molar-refractivity contribution in [1.29, 1.82) is 0 Å². The molecule has 0 bridgehead atoms. The average molecular weight is 347 g/mol. The van der Waals surface area contributed by atoms with Crippen LogP contribution < -0.4 is 4.57 Å². The number of aryl methyl sites for hydroxylation is 2. The second-order valence-electron chi connectivity index (χ2n) is 8.97.